The Hall–Kier alpha value is -2.57. The Bertz CT molecular complexity index is 779. The van der Waals surface area contributed by atoms with Crippen molar-refractivity contribution in [3.05, 3.63) is 65.2 Å². The first-order chi connectivity index (χ1) is 13.1. The fourth-order valence-corrected chi connectivity index (χ4v) is 3.14. The molecule has 1 aliphatic rings. The number of morpholine rings is 1. The standard InChI is InChI=1S/C20H22ClN3O3/c21-16-7-4-8-17(14-16)22-20(26)23-18(13-15-5-2-1-3-6-15)19(25)24-9-11-27-12-10-24/h1-8,14,18H,9-13H2,(H2,22,23,26)/t18-/m0/s1. The summed E-state index contributed by atoms with van der Waals surface area (Å²) in [5, 5.41) is 6.06. The van der Waals surface area contributed by atoms with Crippen molar-refractivity contribution in [3.63, 3.8) is 0 Å². The first kappa shape index (κ1) is 19.2. The number of rotatable bonds is 5. The van der Waals surface area contributed by atoms with Gasteiger partial charge < -0.3 is 20.3 Å². The molecule has 1 saturated heterocycles. The maximum absolute atomic E-state index is 13.0. The minimum Gasteiger partial charge on any atom is -0.378 e. The maximum atomic E-state index is 13.0. The van der Waals surface area contributed by atoms with Crippen LogP contribution in [-0.2, 0) is 16.0 Å². The molecule has 2 N–H and O–H groups in total. The highest BCUT2D eigenvalue weighted by Crippen LogP contribution is 2.15. The van der Waals surface area contributed by atoms with Crippen LogP contribution in [0.4, 0.5) is 10.5 Å². The zero-order valence-corrected chi connectivity index (χ0v) is 15.6. The number of carbonyl (C=O) groups is 2. The number of halogens is 1. The Morgan fingerprint density at radius 1 is 1.07 bits per heavy atom. The highest BCUT2D eigenvalue weighted by molar-refractivity contribution is 6.30. The van der Waals surface area contributed by atoms with Crippen LogP contribution in [0.2, 0.25) is 5.02 Å². The monoisotopic (exact) mass is 387 g/mol. The molecule has 3 rings (SSSR count). The third-order valence-corrected chi connectivity index (χ3v) is 4.53. The van der Waals surface area contributed by atoms with E-state index in [4.69, 9.17) is 16.3 Å². The number of hydrogen-bond donors (Lipinski definition) is 2. The number of hydrogen-bond acceptors (Lipinski definition) is 3. The van der Waals surface area contributed by atoms with Crippen LogP contribution in [0.25, 0.3) is 0 Å². The first-order valence-corrected chi connectivity index (χ1v) is 9.23. The normalized spacial score (nSPS) is 15.1. The largest absolute Gasteiger partial charge is 0.378 e. The fourth-order valence-electron chi connectivity index (χ4n) is 2.95. The molecule has 7 heteroatoms. The van der Waals surface area contributed by atoms with Crippen molar-refractivity contribution in [2.24, 2.45) is 0 Å². The van der Waals surface area contributed by atoms with Gasteiger partial charge in [-0.1, -0.05) is 48.0 Å². The molecule has 1 aliphatic heterocycles. The molecule has 0 saturated carbocycles. The molecule has 27 heavy (non-hydrogen) atoms. The van der Waals surface area contributed by atoms with Gasteiger partial charge >= 0.3 is 6.03 Å². The van der Waals surface area contributed by atoms with E-state index in [2.05, 4.69) is 10.6 Å². The SMILES string of the molecule is O=C(Nc1cccc(Cl)c1)N[C@@H](Cc1ccccc1)C(=O)N1CCOCC1. The Morgan fingerprint density at radius 2 is 1.81 bits per heavy atom. The second kappa shape index (κ2) is 9.39. The molecule has 3 amide bonds. The van der Waals surface area contributed by atoms with Gasteiger partial charge in [-0.05, 0) is 23.8 Å². The smallest absolute Gasteiger partial charge is 0.319 e. The van der Waals surface area contributed by atoms with E-state index in [-0.39, 0.29) is 5.91 Å². The summed E-state index contributed by atoms with van der Waals surface area (Å²) in [7, 11) is 0. The molecule has 6 nitrogen and oxygen atoms in total. The van der Waals surface area contributed by atoms with Crippen molar-refractivity contribution < 1.29 is 14.3 Å². The number of benzene rings is 2. The van der Waals surface area contributed by atoms with Crippen molar-refractivity contribution in [1.82, 2.24) is 10.2 Å². The third-order valence-electron chi connectivity index (χ3n) is 4.29. The number of carbonyl (C=O) groups excluding carboxylic acids is 2. The highest BCUT2D eigenvalue weighted by atomic mass is 35.5. The van der Waals surface area contributed by atoms with E-state index in [1.165, 1.54) is 0 Å². The molecule has 0 radical (unpaired) electrons. The van der Waals surface area contributed by atoms with Crippen molar-refractivity contribution in [1.29, 1.82) is 0 Å². The third kappa shape index (κ3) is 5.70. The lowest BCUT2D eigenvalue weighted by atomic mass is 10.0. The van der Waals surface area contributed by atoms with Gasteiger partial charge in [0.2, 0.25) is 5.91 Å². The summed E-state index contributed by atoms with van der Waals surface area (Å²) >= 11 is 5.95. The van der Waals surface area contributed by atoms with Crippen molar-refractivity contribution in [2.75, 3.05) is 31.6 Å². The molecule has 2 aromatic rings. The van der Waals surface area contributed by atoms with Crippen LogP contribution >= 0.6 is 11.6 Å². The molecule has 0 spiro atoms. The van der Waals surface area contributed by atoms with E-state index >= 15 is 0 Å². The summed E-state index contributed by atoms with van der Waals surface area (Å²) in [6.45, 7) is 2.08. The van der Waals surface area contributed by atoms with Gasteiger partial charge in [0.05, 0.1) is 13.2 Å². The summed E-state index contributed by atoms with van der Waals surface area (Å²) in [6, 6.07) is 15.4. The molecule has 0 bridgehead atoms. The van der Waals surface area contributed by atoms with Gasteiger partial charge in [-0.25, -0.2) is 4.79 Å². The van der Waals surface area contributed by atoms with Crippen molar-refractivity contribution >= 4 is 29.2 Å². The Balaban J connectivity index is 1.70. The summed E-state index contributed by atoms with van der Waals surface area (Å²) in [6.07, 6.45) is 0.417. The van der Waals surface area contributed by atoms with E-state index in [9.17, 15) is 9.59 Å². The second-order valence-corrected chi connectivity index (χ2v) is 6.73. The maximum Gasteiger partial charge on any atom is 0.319 e. The molecule has 142 valence electrons. The molecule has 0 aromatic heterocycles. The molecule has 0 unspecified atom stereocenters. The molecule has 1 heterocycles. The summed E-state index contributed by atoms with van der Waals surface area (Å²) < 4.78 is 5.31. The van der Waals surface area contributed by atoms with Gasteiger partial charge in [0.15, 0.2) is 0 Å². The summed E-state index contributed by atoms with van der Waals surface area (Å²) in [4.78, 5) is 27.1. The van der Waals surface area contributed by atoms with E-state index in [1.54, 1.807) is 29.2 Å². The van der Waals surface area contributed by atoms with Gasteiger partial charge in [-0.3, -0.25) is 4.79 Å². The lowest BCUT2D eigenvalue weighted by Crippen LogP contribution is -2.53. The Kier molecular flexibility index (Phi) is 6.68. The minimum absolute atomic E-state index is 0.108. The van der Waals surface area contributed by atoms with E-state index in [1.807, 2.05) is 30.3 Å². The second-order valence-electron chi connectivity index (χ2n) is 6.29. The van der Waals surface area contributed by atoms with Crippen molar-refractivity contribution in [2.45, 2.75) is 12.5 Å². The van der Waals surface area contributed by atoms with Gasteiger partial charge in [0, 0.05) is 30.2 Å². The van der Waals surface area contributed by atoms with Gasteiger partial charge in [0.25, 0.3) is 0 Å². The average molecular weight is 388 g/mol. The molecule has 1 fully saturated rings. The Morgan fingerprint density at radius 3 is 2.52 bits per heavy atom. The first-order valence-electron chi connectivity index (χ1n) is 8.85. The van der Waals surface area contributed by atoms with Gasteiger partial charge in [-0.15, -0.1) is 0 Å². The predicted octanol–water partition coefficient (Wildman–Crippen LogP) is 2.93. The van der Waals surface area contributed by atoms with E-state index in [0.29, 0.717) is 43.4 Å². The topological polar surface area (TPSA) is 70.7 Å². The number of ether oxygens (including phenoxy) is 1. The highest BCUT2D eigenvalue weighted by Gasteiger charge is 2.27. The quantitative estimate of drug-likeness (QED) is 0.828. The van der Waals surface area contributed by atoms with Crippen LogP contribution in [0.5, 0.6) is 0 Å². The van der Waals surface area contributed by atoms with Crippen LogP contribution in [0, 0.1) is 0 Å². The van der Waals surface area contributed by atoms with Crippen LogP contribution < -0.4 is 10.6 Å². The number of urea groups is 1. The number of amides is 3. The average Bonchev–Trinajstić information content (AvgIpc) is 2.68. The summed E-state index contributed by atoms with van der Waals surface area (Å²) in [5.74, 6) is -0.108. The molecule has 1 atom stereocenters. The number of anilines is 1. The lowest BCUT2D eigenvalue weighted by molar-refractivity contribution is -0.137. The zero-order valence-electron chi connectivity index (χ0n) is 14.9. The van der Waals surface area contributed by atoms with Gasteiger partial charge in [0.1, 0.15) is 6.04 Å². The van der Waals surface area contributed by atoms with Crippen molar-refractivity contribution in [3.8, 4) is 0 Å². The Labute approximate surface area is 163 Å². The molecular weight excluding hydrogens is 366 g/mol. The van der Waals surface area contributed by atoms with Crippen LogP contribution in [0.3, 0.4) is 0 Å². The number of nitrogens with one attached hydrogen (secondary N) is 2. The van der Waals surface area contributed by atoms with E-state index in [0.717, 1.165) is 5.56 Å². The fraction of sp³-hybridized carbons (Fsp3) is 0.300. The summed E-state index contributed by atoms with van der Waals surface area (Å²) in [5.41, 5.74) is 1.55. The minimum atomic E-state index is -0.662. The van der Waals surface area contributed by atoms with Crippen LogP contribution in [-0.4, -0.2) is 49.2 Å². The van der Waals surface area contributed by atoms with Crippen LogP contribution in [0.1, 0.15) is 5.56 Å². The lowest BCUT2D eigenvalue weighted by Gasteiger charge is -2.30. The predicted molar refractivity (Wildman–Crippen MR) is 105 cm³/mol. The van der Waals surface area contributed by atoms with E-state index < -0.39 is 12.1 Å². The zero-order chi connectivity index (χ0) is 19.1. The van der Waals surface area contributed by atoms with Crippen LogP contribution in [0.15, 0.2) is 54.6 Å². The molecule has 2 aromatic carbocycles. The van der Waals surface area contributed by atoms with Gasteiger partial charge in [-0.2, -0.15) is 0 Å². The molecular formula is C20H22ClN3O3. The molecule has 0 aliphatic carbocycles. The number of nitrogens with zero attached hydrogens (tertiary/aromatic N) is 1.